The summed E-state index contributed by atoms with van der Waals surface area (Å²) >= 11 is 0. The van der Waals surface area contributed by atoms with Crippen LogP contribution in [0.3, 0.4) is 0 Å². The second-order valence-electron chi connectivity index (χ2n) is 5.07. The zero-order chi connectivity index (χ0) is 12.1. The summed E-state index contributed by atoms with van der Waals surface area (Å²) in [5.74, 6) is 0.952. The van der Waals surface area contributed by atoms with Gasteiger partial charge in [0, 0.05) is 32.4 Å². The molecule has 0 unspecified atom stereocenters. The molecule has 1 aliphatic rings. The average Bonchev–Trinajstić information content (AvgIpc) is 3.00. The molecule has 1 aromatic heterocycles. The van der Waals surface area contributed by atoms with Gasteiger partial charge in [0.2, 0.25) is 0 Å². The highest BCUT2D eigenvalue weighted by Crippen LogP contribution is 2.30. The number of nitrogens with two attached hydrogens (primary N) is 1. The zero-order valence-electron chi connectivity index (χ0n) is 10.8. The quantitative estimate of drug-likeness (QED) is 0.743. The Morgan fingerprint density at radius 2 is 2.35 bits per heavy atom. The standard InChI is InChI=1S/C13H24N4/c1-2-6-16(8-12-3-4-12)9-13-10-17(7-5-14)11-15-13/h10-12H,2-9,14H2,1H3. The number of rotatable bonds is 8. The van der Waals surface area contributed by atoms with Crippen LogP contribution < -0.4 is 5.73 Å². The van der Waals surface area contributed by atoms with Crippen molar-refractivity contribution in [1.29, 1.82) is 0 Å². The van der Waals surface area contributed by atoms with E-state index in [1.165, 1.54) is 38.0 Å². The Balaban J connectivity index is 1.85. The highest BCUT2D eigenvalue weighted by molar-refractivity contribution is 4.97. The predicted molar refractivity (Wildman–Crippen MR) is 69.6 cm³/mol. The van der Waals surface area contributed by atoms with E-state index in [-0.39, 0.29) is 0 Å². The molecule has 1 saturated carbocycles. The minimum absolute atomic E-state index is 0.677. The number of hydrogen-bond donors (Lipinski definition) is 1. The van der Waals surface area contributed by atoms with E-state index in [0.29, 0.717) is 6.54 Å². The van der Waals surface area contributed by atoms with Gasteiger partial charge in [0.15, 0.2) is 0 Å². The van der Waals surface area contributed by atoms with Crippen molar-refractivity contribution in [2.75, 3.05) is 19.6 Å². The van der Waals surface area contributed by atoms with Gasteiger partial charge in [-0.25, -0.2) is 4.98 Å². The number of hydrogen-bond acceptors (Lipinski definition) is 3. The van der Waals surface area contributed by atoms with Crippen LogP contribution in [0.4, 0.5) is 0 Å². The molecule has 1 aliphatic carbocycles. The molecule has 0 aliphatic heterocycles. The van der Waals surface area contributed by atoms with Crippen molar-refractivity contribution < 1.29 is 0 Å². The van der Waals surface area contributed by atoms with E-state index in [0.717, 1.165) is 19.0 Å². The molecule has 0 aromatic carbocycles. The monoisotopic (exact) mass is 236 g/mol. The Kier molecular flexibility index (Phi) is 4.57. The largest absolute Gasteiger partial charge is 0.336 e. The van der Waals surface area contributed by atoms with Crippen molar-refractivity contribution in [3.8, 4) is 0 Å². The Morgan fingerprint density at radius 1 is 1.53 bits per heavy atom. The van der Waals surface area contributed by atoms with Gasteiger partial charge in [0.1, 0.15) is 0 Å². The number of nitrogens with zero attached hydrogens (tertiary/aromatic N) is 3. The minimum Gasteiger partial charge on any atom is -0.336 e. The number of imidazole rings is 1. The van der Waals surface area contributed by atoms with Gasteiger partial charge < -0.3 is 10.3 Å². The van der Waals surface area contributed by atoms with Gasteiger partial charge >= 0.3 is 0 Å². The van der Waals surface area contributed by atoms with Crippen LogP contribution in [0.25, 0.3) is 0 Å². The van der Waals surface area contributed by atoms with Gasteiger partial charge in [-0.15, -0.1) is 0 Å². The highest BCUT2D eigenvalue weighted by atomic mass is 15.1. The maximum atomic E-state index is 5.53. The minimum atomic E-state index is 0.677. The van der Waals surface area contributed by atoms with E-state index in [2.05, 4.69) is 27.6 Å². The van der Waals surface area contributed by atoms with E-state index < -0.39 is 0 Å². The lowest BCUT2D eigenvalue weighted by Crippen LogP contribution is -2.26. The van der Waals surface area contributed by atoms with Crippen LogP contribution >= 0.6 is 0 Å². The van der Waals surface area contributed by atoms with Crippen LogP contribution in [-0.2, 0) is 13.1 Å². The van der Waals surface area contributed by atoms with Gasteiger partial charge in [0.25, 0.3) is 0 Å². The second-order valence-corrected chi connectivity index (χ2v) is 5.07. The van der Waals surface area contributed by atoms with Gasteiger partial charge in [-0.1, -0.05) is 6.92 Å². The predicted octanol–water partition coefficient (Wildman–Crippen LogP) is 1.46. The number of aromatic nitrogens is 2. The molecule has 1 heterocycles. The molecule has 0 spiro atoms. The SMILES string of the molecule is CCCN(Cc1cn(CCN)cn1)CC1CC1. The molecule has 0 amide bonds. The molecular weight excluding hydrogens is 212 g/mol. The Labute approximate surface area is 104 Å². The molecule has 1 fully saturated rings. The molecule has 0 saturated heterocycles. The van der Waals surface area contributed by atoms with Crippen molar-refractivity contribution in [3.63, 3.8) is 0 Å². The van der Waals surface area contributed by atoms with Crippen LogP contribution in [0.2, 0.25) is 0 Å². The molecule has 0 bridgehead atoms. The Morgan fingerprint density at radius 3 is 3.00 bits per heavy atom. The summed E-state index contributed by atoms with van der Waals surface area (Å²) < 4.78 is 2.08. The Bertz CT molecular complexity index is 330. The first-order valence-corrected chi connectivity index (χ1v) is 6.75. The van der Waals surface area contributed by atoms with Crippen LogP contribution in [0.1, 0.15) is 31.9 Å². The van der Waals surface area contributed by atoms with E-state index in [4.69, 9.17) is 5.73 Å². The summed E-state index contributed by atoms with van der Waals surface area (Å²) in [5, 5.41) is 0. The fourth-order valence-corrected chi connectivity index (χ4v) is 2.21. The molecule has 0 atom stereocenters. The fraction of sp³-hybridized carbons (Fsp3) is 0.769. The molecular formula is C13H24N4. The lowest BCUT2D eigenvalue weighted by Gasteiger charge is -2.20. The second kappa shape index (κ2) is 6.17. The summed E-state index contributed by atoms with van der Waals surface area (Å²) in [6.07, 6.45) is 8.08. The fourth-order valence-electron chi connectivity index (χ4n) is 2.21. The molecule has 4 nitrogen and oxygen atoms in total. The first kappa shape index (κ1) is 12.6. The smallest absolute Gasteiger partial charge is 0.0950 e. The summed E-state index contributed by atoms with van der Waals surface area (Å²) in [6, 6.07) is 0. The third kappa shape index (κ3) is 4.13. The maximum Gasteiger partial charge on any atom is 0.0950 e. The average molecular weight is 236 g/mol. The van der Waals surface area contributed by atoms with Crippen molar-refractivity contribution in [2.45, 2.75) is 39.3 Å². The lowest BCUT2D eigenvalue weighted by atomic mass is 10.3. The molecule has 1 aromatic rings. The van der Waals surface area contributed by atoms with Crippen LogP contribution in [0, 0.1) is 5.92 Å². The lowest BCUT2D eigenvalue weighted by molar-refractivity contribution is 0.252. The van der Waals surface area contributed by atoms with E-state index in [1.807, 2.05) is 6.33 Å². The van der Waals surface area contributed by atoms with E-state index in [1.54, 1.807) is 0 Å². The van der Waals surface area contributed by atoms with Crippen molar-refractivity contribution in [2.24, 2.45) is 11.7 Å². The van der Waals surface area contributed by atoms with Gasteiger partial charge in [0.05, 0.1) is 12.0 Å². The van der Waals surface area contributed by atoms with E-state index in [9.17, 15) is 0 Å². The van der Waals surface area contributed by atoms with Gasteiger partial charge in [-0.05, 0) is 31.7 Å². The zero-order valence-corrected chi connectivity index (χ0v) is 10.8. The van der Waals surface area contributed by atoms with E-state index >= 15 is 0 Å². The van der Waals surface area contributed by atoms with Crippen molar-refractivity contribution in [1.82, 2.24) is 14.5 Å². The van der Waals surface area contributed by atoms with Crippen LogP contribution in [-0.4, -0.2) is 34.1 Å². The van der Waals surface area contributed by atoms with Crippen molar-refractivity contribution >= 4 is 0 Å². The third-order valence-electron chi connectivity index (χ3n) is 3.21. The highest BCUT2D eigenvalue weighted by Gasteiger charge is 2.24. The van der Waals surface area contributed by atoms with Crippen LogP contribution in [0.5, 0.6) is 0 Å². The molecule has 4 heteroatoms. The topological polar surface area (TPSA) is 47.1 Å². The normalized spacial score (nSPS) is 15.7. The molecule has 17 heavy (non-hydrogen) atoms. The molecule has 2 N–H and O–H groups in total. The summed E-state index contributed by atoms with van der Waals surface area (Å²) in [5.41, 5.74) is 6.71. The summed E-state index contributed by atoms with van der Waals surface area (Å²) in [4.78, 5) is 6.98. The van der Waals surface area contributed by atoms with Crippen LogP contribution in [0.15, 0.2) is 12.5 Å². The molecule has 96 valence electrons. The first-order valence-electron chi connectivity index (χ1n) is 6.75. The molecule has 0 radical (unpaired) electrons. The van der Waals surface area contributed by atoms with Crippen molar-refractivity contribution in [3.05, 3.63) is 18.2 Å². The maximum absolute atomic E-state index is 5.53. The van der Waals surface area contributed by atoms with Gasteiger partial charge in [-0.2, -0.15) is 0 Å². The third-order valence-corrected chi connectivity index (χ3v) is 3.21. The first-order chi connectivity index (χ1) is 8.31. The summed E-state index contributed by atoms with van der Waals surface area (Å²) in [6.45, 7) is 7.20. The molecule has 2 rings (SSSR count). The Hall–Kier alpha value is -0.870. The van der Waals surface area contributed by atoms with Gasteiger partial charge in [-0.3, -0.25) is 4.90 Å². The summed E-state index contributed by atoms with van der Waals surface area (Å²) in [7, 11) is 0.